The molecule has 0 aliphatic heterocycles. The highest BCUT2D eigenvalue weighted by Gasteiger charge is 2.33. The molecule has 0 N–H and O–H groups in total. The van der Waals surface area contributed by atoms with E-state index in [-0.39, 0.29) is 5.78 Å². The molecule has 0 amide bonds. The van der Waals surface area contributed by atoms with E-state index in [1.165, 1.54) is 6.33 Å². The number of Topliss-reactive ketones (excluding diaryl/α,β-unsaturated/α-hetero) is 1. The minimum atomic E-state index is -0.452. The minimum absolute atomic E-state index is 0.196. The monoisotopic (exact) mass is 266 g/mol. The lowest BCUT2D eigenvalue weighted by Crippen LogP contribution is -2.50. The molecule has 108 valence electrons. The van der Waals surface area contributed by atoms with Gasteiger partial charge < -0.3 is 0 Å². The lowest BCUT2D eigenvalue weighted by molar-refractivity contribution is -0.128. The fourth-order valence-corrected chi connectivity index (χ4v) is 2.37. The smallest absolute Gasteiger partial charge is 0.160 e. The van der Waals surface area contributed by atoms with Crippen LogP contribution in [-0.2, 0) is 17.8 Å². The number of likely N-dealkylation sites (N-methyl/N-ethyl adjacent to an activating group) is 1. The quantitative estimate of drug-likeness (QED) is 0.721. The molecule has 5 heteroatoms. The third-order valence-corrected chi connectivity index (χ3v) is 3.69. The van der Waals surface area contributed by atoms with Gasteiger partial charge in [-0.15, -0.1) is 0 Å². The van der Waals surface area contributed by atoms with E-state index in [1.807, 2.05) is 18.5 Å². The number of aromatic nitrogens is 3. The molecule has 1 heterocycles. The molecule has 19 heavy (non-hydrogen) atoms. The average Bonchev–Trinajstić information content (AvgIpc) is 2.78. The molecule has 1 rings (SSSR count). The molecule has 0 saturated carbocycles. The Bertz CT molecular complexity index is 407. The van der Waals surface area contributed by atoms with Gasteiger partial charge in [-0.3, -0.25) is 9.69 Å². The van der Waals surface area contributed by atoms with Crippen LogP contribution in [0.15, 0.2) is 6.33 Å². The number of rotatable bonds is 8. The Kier molecular flexibility index (Phi) is 5.66. The summed E-state index contributed by atoms with van der Waals surface area (Å²) in [5.41, 5.74) is -0.452. The third-order valence-electron chi connectivity index (χ3n) is 3.69. The Morgan fingerprint density at radius 3 is 2.47 bits per heavy atom. The summed E-state index contributed by atoms with van der Waals surface area (Å²) in [6.07, 6.45) is 2.87. The first kappa shape index (κ1) is 15.8. The van der Waals surface area contributed by atoms with Crippen molar-refractivity contribution >= 4 is 5.78 Å². The van der Waals surface area contributed by atoms with E-state index < -0.39 is 5.54 Å². The summed E-state index contributed by atoms with van der Waals surface area (Å²) in [4.78, 5) is 18.9. The zero-order valence-electron chi connectivity index (χ0n) is 12.8. The van der Waals surface area contributed by atoms with Crippen LogP contribution in [0, 0.1) is 0 Å². The average molecular weight is 266 g/mol. The molecular formula is C14H26N4O. The van der Waals surface area contributed by atoms with Crippen LogP contribution in [0.3, 0.4) is 0 Å². The van der Waals surface area contributed by atoms with Gasteiger partial charge in [0, 0.05) is 6.54 Å². The van der Waals surface area contributed by atoms with Crippen molar-refractivity contribution in [3.05, 3.63) is 12.2 Å². The molecule has 0 aliphatic carbocycles. The molecule has 5 nitrogen and oxygen atoms in total. The summed E-state index contributed by atoms with van der Waals surface area (Å²) in [6, 6.07) is 0. The zero-order valence-corrected chi connectivity index (χ0v) is 12.8. The fraction of sp³-hybridized carbons (Fsp3) is 0.786. The maximum absolute atomic E-state index is 12.5. The van der Waals surface area contributed by atoms with Gasteiger partial charge >= 0.3 is 0 Å². The standard InChI is InChI=1S/C14H26N4O/c1-6-9-18-13(15-11-16-18)10-12(19)14(4,5)17(7-2)8-3/h11H,6-10H2,1-5H3. The van der Waals surface area contributed by atoms with Crippen LogP contribution in [-0.4, -0.2) is 44.1 Å². The summed E-state index contributed by atoms with van der Waals surface area (Å²) < 4.78 is 1.83. The first-order valence-corrected chi connectivity index (χ1v) is 7.12. The van der Waals surface area contributed by atoms with Crippen molar-refractivity contribution in [3.63, 3.8) is 0 Å². The van der Waals surface area contributed by atoms with Gasteiger partial charge in [-0.2, -0.15) is 5.10 Å². The molecule has 0 radical (unpaired) electrons. The molecule has 0 fully saturated rings. The van der Waals surface area contributed by atoms with Crippen LogP contribution >= 0.6 is 0 Å². The number of hydrogen-bond donors (Lipinski definition) is 0. The Hall–Kier alpha value is -1.23. The molecule has 0 spiro atoms. The predicted molar refractivity (Wildman–Crippen MR) is 76.0 cm³/mol. The molecule has 0 unspecified atom stereocenters. The van der Waals surface area contributed by atoms with Gasteiger partial charge in [0.25, 0.3) is 0 Å². The van der Waals surface area contributed by atoms with Gasteiger partial charge in [-0.25, -0.2) is 9.67 Å². The van der Waals surface area contributed by atoms with Crippen LogP contribution in [0.1, 0.15) is 46.9 Å². The first-order valence-electron chi connectivity index (χ1n) is 7.12. The van der Waals surface area contributed by atoms with Gasteiger partial charge in [-0.05, 0) is 33.4 Å². The highest BCUT2D eigenvalue weighted by Crippen LogP contribution is 2.17. The van der Waals surface area contributed by atoms with E-state index in [0.717, 1.165) is 31.9 Å². The van der Waals surface area contributed by atoms with E-state index in [4.69, 9.17) is 0 Å². The number of hydrogen-bond acceptors (Lipinski definition) is 4. The number of ketones is 1. The third kappa shape index (κ3) is 3.62. The molecule has 0 atom stereocenters. The lowest BCUT2D eigenvalue weighted by Gasteiger charge is -2.35. The van der Waals surface area contributed by atoms with E-state index in [9.17, 15) is 4.79 Å². The van der Waals surface area contributed by atoms with Crippen molar-refractivity contribution in [3.8, 4) is 0 Å². The molecule has 1 aromatic rings. The van der Waals surface area contributed by atoms with Crippen molar-refractivity contribution in [2.24, 2.45) is 0 Å². The Balaban J connectivity index is 2.80. The fourth-order valence-electron chi connectivity index (χ4n) is 2.37. The van der Waals surface area contributed by atoms with Crippen LogP contribution < -0.4 is 0 Å². The molecule has 1 aromatic heterocycles. The maximum atomic E-state index is 12.5. The second-order valence-corrected chi connectivity index (χ2v) is 5.23. The number of aryl methyl sites for hydroxylation is 1. The van der Waals surface area contributed by atoms with Crippen LogP contribution in [0.4, 0.5) is 0 Å². The molecule has 0 bridgehead atoms. The molecule has 0 aliphatic rings. The Morgan fingerprint density at radius 2 is 1.95 bits per heavy atom. The molecular weight excluding hydrogens is 240 g/mol. The summed E-state index contributed by atoms with van der Waals surface area (Å²) in [5.74, 6) is 0.966. The van der Waals surface area contributed by atoms with Crippen molar-refractivity contribution in [1.82, 2.24) is 19.7 Å². The maximum Gasteiger partial charge on any atom is 0.160 e. The number of carbonyl (C=O) groups excluding carboxylic acids is 1. The lowest BCUT2D eigenvalue weighted by atomic mass is 9.94. The summed E-state index contributed by atoms with van der Waals surface area (Å²) in [6.45, 7) is 12.8. The van der Waals surface area contributed by atoms with Crippen LogP contribution in [0.5, 0.6) is 0 Å². The Morgan fingerprint density at radius 1 is 1.32 bits per heavy atom. The first-order chi connectivity index (χ1) is 8.97. The second-order valence-electron chi connectivity index (χ2n) is 5.23. The van der Waals surface area contributed by atoms with E-state index in [0.29, 0.717) is 6.42 Å². The highest BCUT2D eigenvalue weighted by molar-refractivity contribution is 5.88. The molecule has 0 aromatic carbocycles. The SMILES string of the molecule is CCCn1ncnc1CC(=O)C(C)(C)N(CC)CC. The number of nitrogens with zero attached hydrogens (tertiary/aromatic N) is 4. The second kappa shape index (κ2) is 6.80. The van der Waals surface area contributed by atoms with Gasteiger partial charge in [0.2, 0.25) is 0 Å². The Labute approximate surface area is 116 Å². The summed E-state index contributed by atoms with van der Waals surface area (Å²) in [7, 11) is 0. The van der Waals surface area contributed by atoms with Gasteiger partial charge in [0.05, 0.1) is 12.0 Å². The van der Waals surface area contributed by atoms with Crippen molar-refractivity contribution in [1.29, 1.82) is 0 Å². The molecule has 0 saturated heterocycles. The van der Waals surface area contributed by atoms with Crippen molar-refractivity contribution in [2.75, 3.05) is 13.1 Å². The predicted octanol–water partition coefficient (Wildman–Crippen LogP) is 1.92. The summed E-state index contributed by atoms with van der Waals surface area (Å²) >= 11 is 0. The summed E-state index contributed by atoms with van der Waals surface area (Å²) in [5, 5.41) is 4.17. The largest absolute Gasteiger partial charge is 0.297 e. The number of carbonyl (C=O) groups is 1. The normalized spacial score (nSPS) is 12.1. The van der Waals surface area contributed by atoms with Gasteiger partial charge in [-0.1, -0.05) is 20.8 Å². The van der Waals surface area contributed by atoms with Crippen molar-refractivity contribution < 1.29 is 4.79 Å². The van der Waals surface area contributed by atoms with E-state index >= 15 is 0 Å². The topological polar surface area (TPSA) is 51.0 Å². The van der Waals surface area contributed by atoms with Crippen LogP contribution in [0.25, 0.3) is 0 Å². The van der Waals surface area contributed by atoms with E-state index in [1.54, 1.807) is 0 Å². The van der Waals surface area contributed by atoms with Gasteiger partial charge in [0.1, 0.15) is 12.2 Å². The van der Waals surface area contributed by atoms with E-state index in [2.05, 4.69) is 35.8 Å². The zero-order chi connectivity index (χ0) is 14.5. The minimum Gasteiger partial charge on any atom is -0.297 e. The van der Waals surface area contributed by atoms with Crippen molar-refractivity contribution in [2.45, 2.75) is 59.5 Å². The van der Waals surface area contributed by atoms with Gasteiger partial charge in [0.15, 0.2) is 5.78 Å². The highest BCUT2D eigenvalue weighted by atomic mass is 16.1. The van der Waals surface area contributed by atoms with Crippen LogP contribution in [0.2, 0.25) is 0 Å².